The molecule has 23 heavy (non-hydrogen) atoms. The van der Waals surface area contributed by atoms with E-state index < -0.39 is 0 Å². The van der Waals surface area contributed by atoms with Crippen LogP contribution in [-0.4, -0.2) is 50.4 Å². The first kappa shape index (κ1) is 14.4. The van der Waals surface area contributed by atoms with Crippen LogP contribution < -0.4 is 10.6 Å². The Bertz CT molecular complexity index is 737. The summed E-state index contributed by atoms with van der Waals surface area (Å²) in [4.78, 5) is 15.5. The first-order valence-corrected chi connectivity index (χ1v) is 7.96. The SMILES string of the molecule is Nc1nc(N2CCCCC2)c2ncn([C@H]3C=C[C@@H](CO)O3)c2n1. The lowest BCUT2D eigenvalue weighted by Gasteiger charge is -2.27. The molecule has 2 aromatic heterocycles. The van der Waals surface area contributed by atoms with Gasteiger partial charge in [0.25, 0.3) is 0 Å². The van der Waals surface area contributed by atoms with E-state index in [9.17, 15) is 5.11 Å². The third-order valence-electron chi connectivity index (χ3n) is 4.33. The molecule has 2 aliphatic rings. The molecule has 0 unspecified atom stereocenters. The third kappa shape index (κ3) is 2.53. The minimum Gasteiger partial charge on any atom is -0.393 e. The lowest BCUT2D eigenvalue weighted by atomic mass is 10.1. The van der Waals surface area contributed by atoms with Crippen molar-refractivity contribution in [2.45, 2.75) is 31.6 Å². The van der Waals surface area contributed by atoms with Gasteiger partial charge in [0, 0.05) is 13.1 Å². The van der Waals surface area contributed by atoms with Crippen LogP contribution in [-0.2, 0) is 4.74 Å². The van der Waals surface area contributed by atoms with Crippen LogP contribution in [0.2, 0.25) is 0 Å². The zero-order valence-electron chi connectivity index (χ0n) is 12.8. The van der Waals surface area contributed by atoms with Crippen molar-refractivity contribution in [3.63, 3.8) is 0 Å². The highest BCUT2D eigenvalue weighted by molar-refractivity contribution is 5.85. The Morgan fingerprint density at radius 2 is 2.04 bits per heavy atom. The highest BCUT2D eigenvalue weighted by Crippen LogP contribution is 2.30. The van der Waals surface area contributed by atoms with Gasteiger partial charge in [-0.2, -0.15) is 9.97 Å². The zero-order chi connectivity index (χ0) is 15.8. The molecule has 0 spiro atoms. The van der Waals surface area contributed by atoms with Gasteiger partial charge >= 0.3 is 0 Å². The number of aromatic nitrogens is 4. The van der Waals surface area contributed by atoms with E-state index in [-0.39, 0.29) is 24.9 Å². The molecule has 8 nitrogen and oxygen atoms in total. The molecule has 3 N–H and O–H groups in total. The Morgan fingerprint density at radius 3 is 2.78 bits per heavy atom. The number of hydrogen-bond donors (Lipinski definition) is 2. The van der Waals surface area contributed by atoms with E-state index in [1.807, 2.05) is 16.7 Å². The van der Waals surface area contributed by atoms with E-state index in [1.54, 1.807) is 6.33 Å². The zero-order valence-corrected chi connectivity index (χ0v) is 12.8. The van der Waals surface area contributed by atoms with Crippen LogP contribution in [0.1, 0.15) is 25.5 Å². The van der Waals surface area contributed by atoms with Crippen molar-refractivity contribution < 1.29 is 9.84 Å². The van der Waals surface area contributed by atoms with Crippen LogP contribution in [0.4, 0.5) is 11.8 Å². The maximum Gasteiger partial charge on any atom is 0.224 e. The quantitative estimate of drug-likeness (QED) is 0.809. The minimum atomic E-state index is -0.333. The van der Waals surface area contributed by atoms with Gasteiger partial charge in [-0.3, -0.25) is 4.57 Å². The van der Waals surface area contributed by atoms with Gasteiger partial charge in [-0.1, -0.05) is 6.08 Å². The molecule has 0 amide bonds. The standard InChI is InChI=1S/C15H20N6O2/c16-15-18-13(20-6-2-1-3-7-20)12-14(19-15)21(9-17-12)11-5-4-10(8-22)23-11/h4-5,9-11,22H,1-3,6-8H2,(H2,16,18,19)/t10-,11+/m0/s1. The molecule has 0 aromatic carbocycles. The number of nitrogen functional groups attached to an aromatic ring is 1. The van der Waals surface area contributed by atoms with Crippen molar-refractivity contribution >= 4 is 22.9 Å². The molecule has 0 bridgehead atoms. The summed E-state index contributed by atoms with van der Waals surface area (Å²) in [5, 5.41) is 9.20. The number of ether oxygens (including phenoxy) is 1. The Balaban J connectivity index is 1.74. The van der Waals surface area contributed by atoms with Crippen molar-refractivity contribution in [2.75, 3.05) is 30.3 Å². The summed E-state index contributed by atoms with van der Waals surface area (Å²) in [6, 6.07) is 0. The van der Waals surface area contributed by atoms with Gasteiger partial charge in [-0.25, -0.2) is 4.98 Å². The number of aliphatic hydroxyl groups is 1. The first-order valence-electron chi connectivity index (χ1n) is 7.96. The maximum atomic E-state index is 9.20. The average Bonchev–Trinajstić information content (AvgIpc) is 3.21. The summed E-state index contributed by atoms with van der Waals surface area (Å²) in [5.41, 5.74) is 7.32. The lowest BCUT2D eigenvalue weighted by molar-refractivity contribution is -0.00638. The number of hydrogen-bond acceptors (Lipinski definition) is 7. The molecule has 2 aliphatic heterocycles. The molecular weight excluding hydrogens is 296 g/mol. The van der Waals surface area contributed by atoms with E-state index in [2.05, 4.69) is 19.9 Å². The molecule has 0 saturated carbocycles. The van der Waals surface area contributed by atoms with E-state index in [1.165, 1.54) is 6.42 Å². The monoisotopic (exact) mass is 316 g/mol. The Kier molecular flexibility index (Phi) is 3.62. The number of fused-ring (bicyclic) bond motifs is 1. The molecule has 1 saturated heterocycles. The fraction of sp³-hybridized carbons (Fsp3) is 0.533. The second-order valence-corrected chi connectivity index (χ2v) is 5.91. The Hall–Kier alpha value is -2.19. The molecule has 0 aliphatic carbocycles. The summed E-state index contributed by atoms with van der Waals surface area (Å²) >= 11 is 0. The normalized spacial score (nSPS) is 24.7. The van der Waals surface area contributed by atoms with Crippen molar-refractivity contribution in [3.05, 3.63) is 18.5 Å². The number of nitrogens with two attached hydrogens (primary N) is 1. The third-order valence-corrected chi connectivity index (χ3v) is 4.33. The molecular formula is C15H20N6O2. The molecule has 4 heterocycles. The minimum absolute atomic E-state index is 0.0459. The number of anilines is 2. The van der Waals surface area contributed by atoms with Crippen LogP contribution in [0.15, 0.2) is 18.5 Å². The number of nitrogens with zero attached hydrogens (tertiary/aromatic N) is 5. The van der Waals surface area contributed by atoms with E-state index in [0.29, 0.717) is 5.65 Å². The molecule has 8 heteroatoms. The van der Waals surface area contributed by atoms with Crippen LogP contribution in [0, 0.1) is 0 Å². The molecule has 2 atom stereocenters. The van der Waals surface area contributed by atoms with Crippen LogP contribution in [0.3, 0.4) is 0 Å². The van der Waals surface area contributed by atoms with Gasteiger partial charge in [0.2, 0.25) is 5.95 Å². The number of imidazole rings is 1. The van der Waals surface area contributed by atoms with Gasteiger partial charge in [0.05, 0.1) is 12.9 Å². The van der Waals surface area contributed by atoms with Gasteiger partial charge in [0.15, 0.2) is 23.2 Å². The van der Waals surface area contributed by atoms with Crippen molar-refractivity contribution in [3.8, 4) is 0 Å². The second-order valence-electron chi connectivity index (χ2n) is 5.91. The highest BCUT2D eigenvalue weighted by Gasteiger charge is 2.25. The van der Waals surface area contributed by atoms with Gasteiger partial charge in [-0.05, 0) is 25.3 Å². The molecule has 4 rings (SSSR count). The van der Waals surface area contributed by atoms with E-state index in [0.717, 1.165) is 37.3 Å². The topological polar surface area (TPSA) is 102 Å². The van der Waals surface area contributed by atoms with E-state index >= 15 is 0 Å². The number of piperidine rings is 1. The largest absolute Gasteiger partial charge is 0.393 e. The van der Waals surface area contributed by atoms with Gasteiger partial charge in [0.1, 0.15) is 6.10 Å². The van der Waals surface area contributed by atoms with Crippen molar-refractivity contribution in [2.24, 2.45) is 0 Å². The fourth-order valence-electron chi connectivity index (χ4n) is 3.18. The predicted octanol–water partition coefficient (Wildman–Crippen LogP) is 0.845. The molecule has 2 aromatic rings. The number of rotatable bonds is 3. The van der Waals surface area contributed by atoms with Crippen LogP contribution >= 0.6 is 0 Å². The molecule has 122 valence electrons. The highest BCUT2D eigenvalue weighted by atomic mass is 16.5. The average molecular weight is 316 g/mol. The summed E-state index contributed by atoms with van der Waals surface area (Å²) in [7, 11) is 0. The van der Waals surface area contributed by atoms with Crippen LogP contribution in [0.25, 0.3) is 11.2 Å². The van der Waals surface area contributed by atoms with Gasteiger partial charge in [-0.15, -0.1) is 0 Å². The molecule has 1 fully saturated rings. The Morgan fingerprint density at radius 1 is 1.22 bits per heavy atom. The summed E-state index contributed by atoms with van der Waals surface area (Å²) in [6.07, 6.45) is 8.35. The Labute approximate surface area is 133 Å². The first-order chi connectivity index (χ1) is 11.3. The fourth-order valence-corrected chi connectivity index (χ4v) is 3.18. The number of aliphatic hydroxyl groups excluding tert-OH is 1. The van der Waals surface area contributed by atoms with Crippen molar-refractivity contribution in [1.29, 1.82) is 0 Å². The van der Waals surface area contributed by atoms with Gasteiger partial charge < -0.3 is 20.5 Å². The summed E-state index contributed by atoms with van der Waals surface area (Å²) < 4.78 is 7.56. The second kappa shape index (κ2) is 5.78. The van der Waals surface area contributed by atoms with Crippen molar-refractivity contribution in [1.82, 2.24) is 19.5 Å². The predicted molar refractivity (Wildman–Crippen MR) is 85.9 cm³/mol. The molecule has 0 radical (unpaired) electrons. The summed E-state index contributed by atoms with van der Waals surface area (Å²) in [5.74, 6) is 1.03. The maximum absolute atomic E-state index is 9.20. The van der Waals surface area contributed by atoms with Crippen LogP contribution in [0.5, 0.6) is 0 Å². The smallest absolute Gasteiger partial charge is 0.224 e. The summed E-state index contributed by atoms with van der Waals surface area (Å²) in [6.45, 7) is 1.88. The lowest BCUT2D eigenvalue weighted by Crippen LogP contribution is -2.30. The van der Waals surface area contributed by atoms with E-state index in [4.69, 9.17) is 10.5 Å².